The maximum atomic E-state index is 12.1. The second-order valence-corrected chi connectivity index (χ2v) is 10.4. The predicted molar refractivity (Wildman–Crippen MR) is 108 cm³/mol. The molecule has 0 saturated heterocycles. The van der Waals surface area contributed by atoms with E-state index in [0.29, 0.717) is 13.1 Å². The van der Waals surface area contributed by atoms with Gasteiger partial charge in [0.2, 0.25) is 15.9 Å². The van der Waals surface area contributed by atoms with E-state index < -0.39 is 22.0 Å². The normalized spacial score (nSPS) is 18.4. The minimum Gasteiger partial charge on any atom is -0.464 e. The van der Waals surface area contributed by atoms with E-state index in [1.807, 2.05) is 11.2 Å². The first-order chi connectivity index (χ1) is 13.2. The number of fused-ring (bicyclic) bond motifs is 1. The van der Waals surface area contributed by atoms with Gasteiger partial charge < -0.3 is 15.4 Å². The number of ether oxygens (including phenoxy) is 1. The molecule has 0 radical (unpaired) electrons. The Balaban J connectivity index is 1.99. The average Bonchev–Trinajstić information content (AvgIpc) is 3.05. The van der Waals surface area contributed by atoms with Gasteiger partial charge in [0.05, 0.1) is 10.8 Å². The molecule has 0 spiro atoms. The number of primary sulfonamides is 1. The number of likely N-dealkylation sites (N-methyl/N-ethyl adjacent to an activating group) is 1. The van der Waals surface area contributed by atoms with E-state index in [9.17, 15) is 18.0 Å². The number of carbonyl (C=O) groups excluding carboxylic acids is 2. The van der Waals surface area contributed by atoms with E-state index in [-0.39, 0.29) is 29.2 Å². The number of sulfonamides is 1. The summed E-state index contributed by atoms with van der Waals surface area (Å²) in [4.78, 5) is 23.7. The van der Waals surface area contributed by atoms with E-state index in [4.69, 9.17) is 9.88 Å². The van der Waals surface area contributed by atoms with Crippen molar-refractivity contribution in [2.24, 2.45) is 5.14 Å². The molecule has 2 rings (SSSR count). The summed E-state index contributed by atoms with van der Waals surface area (Å²) in [5, 5.41) is 11.2. The summed E-state index contributed by atoms with van der Waals surface area (Å²) >= 11 is 2.56. The number of carbonyl (C=O) groups is 2. The third-order valence-corrected chi connectivity index (χ3v) is 7.84. The van der Waals surface area contributed by atoms with Gasteiger partial charge >= 0.3 is 5.97 Å². The highest BCUT2D eigenvalue weighted by Gasteiger charge is 2.30. The summed E-state index contributed by atoms with van der Waals surface area (Å²) in [6.45, 7) is 7.33. The second-order valence-electron chi connectivity index (χ2n) is 6.23. The van der Waals surface area contributed by atoms with Gasteiger partial charge in [-0.15, -0.1) is 11.3 Å². The molecule has 2 heterocycles. The van der Waals surface area contributed by atoms with Crippen LogP contribution in [0.25, 0.3) is 0 Å². The third kappa shape index (κ3) is 6.16. The van der Waals surface area contributed by atoms with Crippen molar-refractivity contribution in [1.29, 1.82) is 0 Å². The van der Waals surface area contributed by atoms with Crippen LogP contribution in [0, 0.1) is 0 Å². The molecule has 1 unspecified atom stereocenters. The summed E-state index contributed by atoms with van der Waals surface area (Å²) in [7, 11) is -3.75. The van der Waals surface area contributed by atoms with Crippen molar-refractivity contribution in [2.45, 2.75) is 47.7 Å². The molecule has 0 saturated carbocycles. The minimum atomic E-state index is -3.75. The number of amides is 1. The van der Waals surface area contributed by atoms with Crippen LogP contribution in [0.2, 0.25) is 0 Å². The molecule has 1 aromatic rings. The number of thiophene rings is 1. The molecular formula is C16H26N4O5S3. The van der Waals surface area contributed by atoms with Gasteiger partial charge in [-0.2, -0.15) is 0 Å². The van der Waals surface area contributed by atoms with Crippen LogP contribution in [0.1, 0.15) is 38.8 Å². The summed E-state index contributed by atoms with van der Waals surface area (Å²) in [5.41, 5.74) is 0.914. The minimum absolute atomic E-state index is 0.0467. The molecule has 2 atom stereocenters. The van der Waals surface area contributed by atoms with Crippen LogP contribution in [0.5, 0.6) is 0 Å². The standard InChI is InChI=1S/C16H26N4O5S3/c1-4-18-12-9-20(7-6-13(21)19-10(3)15(22)25-5-2)27-16-11(12)8-14(26-16)28(17,23)24/h8,10,12,18H,4-7,9H2,1-3H3,(H,19,21)(H2,17,23,24)/t10-,12?/m1/s1. The van der Waals surface area contributed by atoms with Crippen LogP contribution in [-0.2, 0) is 24.3 Å². The van der Waals surface area contributed by atoms with Crippen molar-refractivity contribution in [2.75, 3.05) is 26.2 Å². The first kappa shape index (κ1) is 23.1. The Kier molecular flexibility index (Phi) is 8.28. The van der Waals surface area contributed by atoms with Crippen LogP contribution >= 0.6 is 23.3 Å². The lowest BCUT2D eigenvalue weighted by Crippen LogP contribution is -2.41. The van der Waals surface area contributed by atoms with Gasteiger partial charge in [0.1, 0.15) is 10.3 Å². The molecule has 158 valence electrons. The second kappa shape index (κ2) is 10.0. The third-order valence-electron chi connectivity index (χ3n) is 4.01. The van der Waals surface area contributed by atoms with Gasteiger partial charge in [-0.25, -0.2) is 22.7 Å². The van der Waals surface area contributed by atoms with Crippen molar-refractivity contribution >= 4 is 45.2 Å². The molecule has 0 bridgehead atoms. The number of nitrogens with one attached hydrogen (secondary N) is 2. The zero-order valence-electron chi connectivity index (χ0n) is 16.1. The number of nitrogens with two attached hydrogens (primary N) is 1. The van der Waals surface area contributed by atoms with Crippen LogP contribution in [0.3, 0.4) is 0 Å². The molecule has 28 heavy (non-hydrogen) atoms. The molecular weight excluding hydrogens is 424 g/mol. The molecule has 12 heteroatoms. The van der Waals surface area contributed by atoms with Crippen LogP contribution < -0.4 is 15.8 Å². The number of nitrogens with zero attached hydrogens (tertiary/aromatic N) is 1. The number of hydrogen-bond acceptors (Lipinski definition) is 9. The molecule has 9 nitrogen and oxygen atoms in total. The van der Waals surface area contributed by atoms with E-state index in [2.05, 4.69) is 10.6 Å². The number of esters is 1. The highest BCUT2D eigenvalue weighted by Crippen LogP contribution is 2.43. The Morgan fingerprint density at radius 2 is 2.14 bits per heavy atom. The smallest absolute Gasteiger partial charge is 0.328 e. The monoisotopic (exact) mass is 450 g/mol. The Bertz CT molecular complexity index is 811. The zero-order chi connectivity index (χ0) is 20.9. The quantitative estimate of drug-likeness (QED) is 0.372. The Morgan fingerprint density at radius 1 is 1.43 bits per heavy atom. The topological polar surface area (TPSA) is 131 Å². The van der Waals surface area contributed by atoms with Gasteiger partial charge in [-0.3, -0.25) is 4.79 Å². The van der Waals surface area contributed by atoms with Crippen LogP contribution in [0.15, 0.2) is 14.5 Å². The average molecular weight is 451 g/mol. The van der Waals surface area contributed by atoms with Gasteiger partial charge in [0.15, 0.2) is 0 Å². The lowest BCUT2D eigenvalue weighted by atomic mass is 10.1. The van der Waals surface area contributed by atoms with E-state index in [1.165, 1.54) is 11.9 Å². The first-order valence-electron chi connectivity index (χ1n) is 8.94. The summed E-state index contributed by atoms with van der Waals surface area (Å²) in [5.74, 6) is -0.711. The lowest BCUT2D eigenvalue weighted by molar-refractivity contribution is -0.146. The van der Waals surface area contributed by atoms with Crippen molar-refractivity contribution in [3.63, 3.8) is 0 Å². The molecule has 1 aromatic heterocycles. The van der Waals surface area contributed by atoms with Crippen molar-refractivity contribution < 1.29 is 22.7 Å². The highest BCUT2D eigenvalue weighted by atomic mass is 32.3. The predicted octanol–water partition coefficient (Wildman–Crippen LogP) is 0.827. The summed E-state index contributed by atoms with van der Waals surface area (Å²) in [6.07, 6.45) is 0.207. The van der Waals surface area contributed by atoms with Crippen molar-refractivity contribution in [3.8, 4) is 0 Å². The largest absolute Gasteiger partial charge is 0.464 e. The fraction of sp³-hybridized carbons (Fsp3) is 0.625. The Morgan fingerprint density at radius 3 is 2.75 bits per heavy atom. The van der Waals surface area contributed by atoms with Crippen LogP contribution in [-0.4, -0.2) is 56.9 Å². The first-order valence-corrected chi connectivity index (χ1v) is 12.1. The number of rotatable bonds is 9. The zero-order valence-corrected chi connectivity index (χ0v) is 18.5. The van der Waals surface area contributed by atoms with E-state index in [1.54, 1.807) is 19.9 Å². The molecule has 1 aliphatic heterocycles. The molecule has 1 aliphatic rings. The van der Waals surface area contributed by atoms with Crippen LogP contribution in [0.4, 0.5) is 0 Å². The van der Waals surface area contributed by atoms with E-state index >= 15 is 0 Å². The Hall–Kier alpha value is -1.18. The molecule has 1 amide bonds. The highest BCUT2D eigenvalue weighted by molar-refractivity contribution is 7.99. The molecule has 0 aromatic carbocycles. The molecule has 0 aliphatic carbocycles. The maximum absolute atomic E-state index is 12.1. The summed E-state index contributed by atoms with van der Waals surface area (Å²) in [6, 6.07) is 0.882. The molecule has 4 N–H and O–H groups in total. The summed E-state index contributed by atoms with van der Waals surface area (Å²) < 4.78 is 31.2. The van der Waals surface area contributed by atoms with Gasteiger partial charge in [0, 0.05) is 25.6 Å². The molecule has 0 fully saturated rings. The maximum Gasteiger partial charge on any atom is 0.328 e. The van der Waals surface area contributed by atoms with E-state index in [0.717, 1.165) is 27.7 Å². The van der Waals surface area contributed by atoms with Gasteiger partial charge in [-0.05, 0) is 44.0 Å². The SMILES string of the molecule is CCNC1CN(CCC(=O)N[C@H](C)C(=O)OCC)Sc2sc(S(N)(=O)=O)cc21. The Labute approximate surface area is 173 Å². The number of hydrogen-bond donors (Lipinski definition) is 3. The lowest BCUT2D eigenvalue weighted by Gasteiger charge is -2.31. The van der Waals surface area contributed by atoms with Crippen molar-refractivity contribution in [3.05, 3.63) is 11.6 Å². The van der Waals surface area contributed by atoms with Crippen molar-refractivity contribution in [1.82, 2.24) is 14.9 Å². The van der Waals surface area contributed by atoms with Gasteiger partial charge in [-0.1, -0.05) is 6.92 Å². The fourth-order valence-electron chi connectivity index (χ4n) is 2.70. The fourth-order valence-corrected chi connectivity index (χ4v) is 6.23. The van der Waals surface area contributed by atoms with Gasteiger partial charge in [0.25, 0.3) is 0 Å².